The minimum atomic E-state index is -2.40. The monoisotopic (exact) mass is 219 g/mol. The Labute approximate surface area is 87.1 Å². The Morgan fingerprint density at radius 2 is 2.00 bits per heavy atom. The van der Waals surface area contributed by atoms with Crippen LogP contribution in [0.3, 0.4) is 0 Å². The third-order valence-corrected chi connectivity index (χ3v) is 2.21. The van der Waals surface area contributed by atoms with Gasteiger partial charge in [0.05, 0.1) is 16.8 Å². The first kappa shape index (κ1) is 11.2. The molecule has 0 bridgehead atoms. The predicted molar refractivity (Wildman–Crippen MR) is 55.3 cm³/mol. The maximum absolute atomic E-state index is 12.2. The molecule has 0 aliphatic carbocycles. The largest absolute Gasteiger partial charge is 0.376 e. The molecular formula is C10H12ClF2N. The average Bonchev–Trinajstić information content (AvgIpc) is 2.11. The van der Waals surface area contributed by atoms with Gasteiger partial charge in [0.1, 0.15) is 0 Å². The van der Waals surface area contributed by atoms with Crippen LogP contribution < -0.4 is 5.32 Å². The number of hydrogen-bond acceptors (Lipinski definition) is 1. The number of anilines is 1. The highest BCUT2D eigenvalue weighted by Crippen LogP contribution is 2.24. The van der Waals surface area contributed by atoms with Crippen LogP contribution in [0.4, 0.5) is 14.5 Å². The Morgan fingerprint density at radius 3 is 2.57 bits per heavy atom. The van der Waals surface area contributed by atoms with Crippen molar-refractivity contribution in [2.45, 2.75) is 26.3 Å². The summed E-state index contributed by atoms with van der Waals surface area (Å²) in [5, 5.41) is 3.13. The van der Waals surface area contributed by atoms with Gasteiger partial charge in [0, 0.05) is 0 Å². The molecule has 1 N–H and O–H groups in total. The molecule has 1 aromatic rings. The van der Waals surface area contributed by atoms with E-state index in [0.717, 1.165) is 5.56 Å². The second-order valence-electron chi connectivity index (χ2n) is 3.25. The number of benzene rings is 1. The molecule has 1 rings (SSSR count). The van der Waals surface area contributed by atoms with Gasteiger partial charge in [0.15, 0.2) is 0 Å². The van der Waals surface area contributed by atoms with Crippen molar-refractivity contribution in [1.82, 2.24) is 0 Å². The molecule has 0 saturated heterocycles. The average molecular weight is 220 g/mol. The maximum atomic E-state index is 12.2. The van der Waals surface area contributed by atoms with Crippen LogP contribution in [0.1, 0.15) is 12.5 Å². The fraction of sp³-hybridized carbons (Fsp3) is 0.400. The van der Waals surface area contributed by atoms with E-state index in [1.54, 1.807) is 12.1 Å². The van der Waals surface area contributed by atoms with E-state index in [-0.39, 0.29) is 0 Å². The number of alkyl halides is 2. The SMILES string of the molecule is Cc1ccc(Cl)c(NC(C)C(F)F)c1. The number of hydrogen-bond donors (Lipinski definition) is 1. The molecule has 0 radical (unpaired) electrons. The van der Waals surface area contributed by atoms with Crippen molar-refractivity contribution in [3.63, 3.8) is 0 Å². The van der Waals surface area contributed by atoms with E-state index in [1.165, 1.54) is 6.92 Å². The summed E-state index contributed by atoms with van der Waals surface area (Å²) in [5.74, 6) is 0. The standard InChI is InChI=1S/C10H12ClF2N/c1-6-3-4-8(11)9(5-6)14-7(2)10(12)13/h3-5,7,10,14H,1-2H3. The van der Waals surface area contributed by atoms with E-state index in [4.69, 9.17) is 11.6 Å². The van der Waals surface area contributed by atoms with Crippen LogP contribution in [0.15, 0.2) is 18.2 Å². The van der Waals surface area contributed by atoms with E-state index in [1.807, 2.05) is 13.0 Å². The fourth-order valence-electron chi connectivity index (χ4n) is 1.06. The number of aryl methyl sites for hydroxylation is 1. The smallest absolute Gasteiger partial charge is 0.258 e. The zero-order valence-corrected chi connectivity index (χ0v) is 8.78. The molecule has 1 nitrogen and oxygen atoms in total. The summed E-state index contributed by atoms with van der Waals surface area (Å²) in [4.78, 5) is 0. The van der Waals surface area contributed by atoms with E-state index in [0.29, 0.717) is 10.7 Å². The topological polar surface area (TPSA) is 12.0 Å². The molecule has 1 aromatic carbocycles. The van der Waals surface area contributed by atoms with Gasteiger partial charge in [-0.1, -0.05) is 17.7 Å². The molecule has 0 saturated carbocycles. The van der Waals surface area contributed by atoms with Crippen LogP contribution in [-0.2, 0) is 0 Å². The fourth-order valence-corrected chi connectivity index (χ4v) is 1.23. The zero-order valence-electron chi connectivity index (χ0n) is 8.02. The van der Waals surface area contributed by atoms with E-state index >= 15 is 0 Å². The first-order chi connectivity index (χ1) is 6.50. The molecule has 14 heavy (non-hydrogen) atoms. The lowest BCUT2D eigenvalue weighted by molar-refractivity contribution is 0.131. The lowest BCUT2D eigenvalue weighted by Crippen LogP contribution is -2.23. The van der Waals surface area contributed by atoms with Gasteiger partial charge in [0.2, 0.25) is 0 Å². The normalized spacial score (nSPS) is 13.0. The Bertz CT molecular complexity index is 315. The molecule has 0 fully saturated rings. The molecule has 1 atom stereocenters. The summed E-state index contributed by atoms with van der Waals surface area (Å²) in [7, 11) is 0. The van der Waals surface area contributed by atoms with Crippen molar-refractivity contribution in [2.24, 2.45) is 0 Å². The molecule has 0 aliphatic heterocycles. The highest BCUT2D eigenvalue weighted by Gasteiger charge is 2.14. The van der Waals surface area contributed by atoms with Gasteiger partial charge in [-0.3, -0.25) is 0 Å². The van der Waals surface area contributed by atoms with Crippen LogP contribution in [0.2, 0.25) is 5.02 Å². The van der Waals surface area contributed by atoms with E-state index < -0.39 is 12.5 Å². The van der Waals surface area contributed by atoms with E-state index in [9.17, 15) is 8.78 Å². The second kappa shape index (κ2) is 4.60. The molecule has 0 spiro atoms. The second-order valence-corrected chi connectivity index (χ2v) is 3.66. The number of halogens is 3. The van der Waals surface area contributed by atoms with Gasteiger partial charge in [0.25, 0.3) is 6.43 Å². The van der Waals surface area contributed by atoms with Crippen molar-refractivity contribution < 1.29 is 8.78 Å². The first-order valence-corrected chi connectivity index (χ1v) is 4.69. The summed E-state index contributed by atoms with van der Waals surface area (Å²) in [6.07, 6.45) is -2.40. The molecule has 78 valence electrons. The van der Waals surface area contributed by atoms with Crippen LogP contribution >= 0.6 is 11.6 Å². The molecule has 4 heteroatoms. The Balaban J connectivity index is 2.80. The Hall–Kier alpha value is -0.830. The molecule has 0 aromatic heterocycles. The lowest BCUT2D eigenvalue weighted by atomic mass is 10.2. The van der Waals surface area contributed by atoms with Gasteiger partial charge in [-0.05, 0) is 31.5 Å². The van der Waals surface area contributed by atoms with Crippen LogP contribution in [0, 0.1) is 6.92 Å². The Morgan fingerprint density at radius 1 is 1.36 bits per heavy atom. The van der Waals surface area contributed by atoms with Crippen molar-refractivity contribution in [3.8, 4) is 0 Å². The highest BCUT2D eigenvalue weighted by atomic mass is 35.5. The summed E-state index contributed by atoms with van der Waals surface area (Å²) in [6, 6.07) is 4.38. The minimum absolute atomic E-state index is 0.461. The molecule has 0 aliphatic rings. The molecule has 1 unspecified atom stereocenters. The van der Waals surface area contributed by atoms with Crippen molar-refractivity contribution in [1.29, 1.82) is 0 Å². The van der Waals surface area contributed by atoms with Crippen molar-refractivity contribution in [2.75, 3.05) is 5.32 Å². The molecular weight excluding hydrogens is 208 g/mol. The van der Waals surface area contributed by atoms with Gasteiger partial charge < -0.3 is 5.32 Å². The third-order valence-electron chi connectivity index (χ3n) is 1.88. The maximum Gasteiger partial charge on any atom is 0.258 e. The van der Waals surface area contributed by atoms with Crippen molar-refractivity contribution >= 4 is 17.3 Å². The zero-order chi connectivity index (χ0) is 10.7. The molecule has 0 heterocycles. The molecule has 0 amide bonds. The summed E-state index contributed by atoms with van der Waals surface area (Å²) >= 11 is 5.84. The van der Waals surface area contributed by atoms with Gasteiger partial charge in [-0.25, -0.2) is 8.78 Å². The van der Waals surface area contributed by atoms with Crippen LogP contribution in [0.25, 0.3) is 0 Å². The van der Waals surface area contributed by atoms with Gasteiger partial charge >= 0.3 is 0 Å². The first-order valence-electron chi connectivity index (χ1n) is 4.31. The van der Waals surface area contributed by atoms with Crippen LogP contribution in [0.5, 0.6) is 0 Å². The quantitative estimate of drug-likeness (QED) is 0.817. The Kier molecular flexibility index (Phi) is 3.69. The van der Waals surface area contributed by atoms with Gasteiger partial charge in [-0.2, -0.15) is 0 Å². The predicted octanol–water partition coefficient (Wildman–Crippen LogP) is 3.71. The highest BCUT2D eigenvalue weighted by molar-refractivity contribution is 6.33. The summed E-state index contributed by atoms with van der Waals surface area (Å²) < 4.78 is 24.5. The lowest BCUT2D eigenvalue weighted by Gasteiger charge is -2.15. The van der Waals surface area contributed by atoms with Crippen molar-refractivity contribution in [3.05, 3.63) is 28.8 Å². The number of rotatable bonds is 3. The minimum Gasteiger partial charge on any atom is -0.376 e. The van der Waals surface area contributed by atoms with Gasteiger partial charge in [-0.15, -0.1) is 0 Å². The number of nitrogens with one attached hydrogen (secondary N) is 1. The summed E-state index contributed by atoms with van der Waals surface area (Å²) in [6.45, 7) is 3.30. The summed E-state index contributed by atoms with van der Waals surface area (Å²) in [5.41, 5.74) is 1.54. The van der Waals surface area contributed by atoms with E-state index in [2.05, 4.69) is 5.32 Å². The third kappa shape index (κ3) is 2.84. The van der Waals surface area contributed by atoms with Crippen LogP contribution in [-0.4, -0.2) is 12.5 Å².